The highest BCUT2D eigenvalue weighted by Gasteiger charge is 1.94. The van der Waals surface area contributed by atoms with Gasteiger partial charge in [0, 0.05) is 12.4 Å². The molecular formula is C5H3FINS. The molecule has 1 nitrogen and oxygen atoms in total. The van der Waals surface area contributed by atoms with Crippen molar-refractivity contribution in [2.75, 3.05) is 0 Å². The van der Waals surface area contributed by atoms with Crippen molar-refractivity contribution in [3.05, 3.63) is 26.3 Å². The minimum absolute atomic E-state index is 0.286. The van der Waals surface area contributed by atoms with Crippen LogP contribution in [0.5, 0.6) is 0 Å². The zero-order valence-corrected chi connectivity index (χ0v) is 7.29. The molecule has 4 heteroatoms. The van der Waals surface area contributed by atoms with Crippen molar-refractivity contribution >= 4 is 34.8 Å². The fourth-order valence-corrected chi connectivity index (χ4v) is 0.988. The van der Waals surface area contributed by atoms with Gasteiger partial charge in [0.25, 0.3) is 0 Å². The van der Waals surface area contributed by atoms with Gasteiger partial charge in [-0.05, 0) is 22.6 Å². The van der Waals surface area contributed by atoms with Gasteiger partial charge in [-0.1, -0.05) is 12.2 Å². The lowest BCUT2D eigenvalue weighted by Crippen LogP contribution is -1.81. The molecule has 1 N–H and O–H groups in total. The lowest BCUT2D eigenvalue weighted by atomic mass is 10.5. The highest BCUT2D eigenvalue weighted by atomic mass is 127. The number of hydrogen-bond donors (Lipinski definition) is 1. The molecule has 0 amide bonds. The quantitative estimate of drug-likeness (QED) is 0.556. The molecule has 1 rings (SSSR count). The monoisotopic (exact) mass is 255 g/mol. The van der Waals surface area contributed by atoms with Gasteiger partial charge in [0.1, 0.15) is 0 Å². The Labute approximate surface area is 70.4 Å². The van der Waals surface area contributed by atoms with Gasteiger partial charge in [-0.15, -0.1) is 0 Å². The number of aromatic nitrogens is 1. The van der Waals surface area contributed by atoms with Crippen LogP contribution < -0.4 is 0 Å². The molecule has 1 aromatic rings. The van der Waals surface area contributed by atoms with E-state index in [1.807, 2.05) is 22.6 Å². The summed E-state index contributed by atoms with van der Waals surface area (Å²) >= 11 is 6.67. The van der Waals surface area contributed by atoms with Crippen LogP contribution in [0.2, 0.25) is 0 Å². The molecule has 0 unspecified atom stereocenters. The number of hydrogen-bond acceptors (Lipinski definition) is 1. The van der Waals surface area contributed by atoms with Gasteiger partial charge in [0.2, 0.25) is 0 Å². The van der Waals surface area contributed by atoms with Crippen LogP contribution in [0.3, 0.4) is 0 Å². The first-order valence-corrected chi connectivity index (χ1v) is 3.72. The molecule has 0 aromatic carbocycles. The van der Waals surface area contributed by atoms with Crippen LogP contribution in [0, 0.1) is 13.9 Å². The van der Waals surface area contributed by atoms with Crippen LogP contribution in [-0.2, 0) is 0 Å². The van der Waals surface area contributed by atoms with E-state index < -0.39 is 0 Å². The number of aromatic amines is 1. The standard InChI is InChI=1S/C5H3FINS/c6-3-1-8-2-4(7)5(3)9/h1-2H,(H,8,9). The maximum Gasteiger partial charge on any atom is 0.158 e. The largest absolute Gasteiger partial charge is 0.364 e. The predicted octanol–water partition coefficient (Wildman–Crippen LogP) is 2.49. The lowest BCUT2D eigenvalue weighted by molar-refractivity contribution is 0.616. The number of pyridine rings is 1. The summed E-state index contributed by atoms with van der Waals surface area (Å²) in [4.78, 5) is 2.62. The van der Waals surface area contributed by atoms with Crippen molar-refractivity contribution in [2.24, 2.45) is 0 Å². The Kier molecular flexibility index (Phi) is 2.18. The van der Waals surface area contributed by atoms with Crippen LogP contribution in [0.15, 0.2) is 12.4 Å². The minimum Gasteiger partial charge on any atom is -0.364 e. The second-order valence-electron chi connectivity index (χ2n) is 1.48. The van der Waals surface area contributed by atoms with Crippen molar-refractivity contribution in [1.29, 1.82) is 0 Å². The highest BCUT2D eigenvalue weighted by molar-refractivity contribution is 14.1. The van der Waals surface area contributed by atoms with Crippen LogP contribution in [0.25, 0.3) is 0 Å². The number of halogens is 2. The molecule has 0 aliphatic heterocycles. The van der Waals surface area contributed by atoms with Crippen LogP contribution in [0.1, 0.15) is 0 Å². The van der Waals surface area contributed by atoms with E-state index in [0.717, 1.165) is 3.57 Å². The van der Waals surface area contributed by atoms with Crippen LogP contribution in [-0.4, -0.2) is 4.98 Å². The van der Waals surface area contributed by atoms with Gasteiger partial charge >= 0.3 is 0 Å². The molecule has 0 bridgehead atoms. The average molecular weight is 255 g/mol. The Morgan fingerprint density at radius 2 is 2.22 bits per heavy atom. The van der Waals surface area contributed by atoms with Gasteiger partial charge in [-0.3, -0.25) is 0 Å². The maximum atomic E-state index is 12.4. The highest BCUT2D eigenvalue weighted by Crippen LogP contribution is 2.07. The molecular weight excluding hydrogens is 252 g/mol. The molecule has 0 atom stereocenters. The van der Waals surface area contributed by atoms with Gasteiger partial charge in [0.15, 0.2) is 5.82 Å². The summed E-state index contributed by atoms with van der Waals surface area (Å²) in [5, 5.41) is 0. The second kappa shape index (κ2) is 2.74. The zero-order valence-electron chi connectivity index (χ0n) is 4.32. The maximum absolute atomic E-state index is 12.4. The first-order chi connectivity index (χ1) is 4.22. The summed E-state index contributed by atoms with van der Waals surface area (Å²) in [7, 11) is 0. The third kappa shape index (κ3) is 1.48. The molecule has 0 saturated carbocycles. The third-order valence-corrected chi connectivity index (χ3v) is 2.49. The molecule has 0 fully saturated rings. The normalized spacial score (nSPS) is 9.56. The fourth-order valence-electron chi connectivity index (χ4n) is 0.433. The Balaban J connectivity index is 3.43. The van der Waals surface area contributed by atoms with Gasteiger partial charge in [-0.2, -0.15) is 0 Å². The molecule has 9 heavy (non-hydrogen) atoms. The van der Waals surface area contributed by atoms with E-state index in [0.29, 0.717) is 0 Å². The summed E-state index contributed by atoms with van der Waals surface area (Å²) in [5.74, 6) is -0.364. The SMILES string of the molecule is Fc1c[nH]cc(I)c1=S. The molecule has 0 spiro atoms. The van der Waals surface area contributed by atoms with Crippen molar-refractivity contribution in [2.45, 2.75) is 0 Å². The van der Waals surface area contributed by atoms with Gasteiger partial charge < -0.3 is 4.98 Å². The van der Waals surface area contributed by atoms with E-state index in [1.165, 1.54) is 6.20 Å². The molecule has 0 radical (unpaired) electrons. The number of nitrogens with one attached hydrogen (secondary N) is 1. The Hall–Kier alpha value is 0.0300. The topological polar surface area (TPSA) is 15.8 Å². The smallest absolute Gasteiger partial charge is 0.158 e. The molecule has 1 aromatic heterocycles. The number of rotatable bonds is 0. The summed E-state index contributed by atoms with van der Waals surface area (Å²) in [6.07, 6.45) is 2.90. The molecule has 48 valence electrons. The molecule has 0 saturated heterocycles. The Morgan fingerprint density at radius 3 is 2.67 bits per heavy atom. The van der Waals surface area contributed by atoms with E-state index in [1.54, 1.807) is 6.20 Å². The van der Waals surface area contributed by atoms with E-state index in [4.69, 9.17) is 12.2 Å². The first-order valence-electron chi connectivity index (χ1n) is 2.24. The van der Waals surface area contributed by atoms with Gasteiger partial charge in [-0.25, -0.2) is 4.39 Å². The van der Waals surface area contributed by atoms with Crippen molar-refractivity contribution in [1.82, 2.24) is 4.98 Å². The average Bonchev–Trinajstić information content (AvgIpc) is 1.83. The predicted molar refractivity (Wildman–Crippen MR) is 44.3 cm³/mol. The van der Waals surface area contributed by atoms with Crippen molar-refractivity contribution in [3.8, 4) is 0 Å². The van der Waals surface area contributed by atoms with E-state index >= 15 is 0 Å². The zero-order chi connectivity index (χ0) is 6.85. The van der Waals surface area contributed by atoms with Crippen molar-refractivity contribution in [3.63, 3.8) is 0 Å². The van der Waals surface area contributed by atoms with E-state index in [9.17, 15) is 4.39 Å². The van der Waals surface area contributed by atoms with Crippen LogP contribution in [0.4, 0.5) is 4.39 Å². The first kappa shape index (κ1) is 7.14. The van der Waals surface area contributed by atoms with Crippen molar-refractivity contribution < 1.29 is 4.39 Å². The van der Waals surface area contributed by atoms with Crippen LogP contribution >= 0.6 is 34.8 Å². The second-order valence-corrected chi connectivity index (χ2v) is 3.05. The molecule has 1 heterocycles. The molecule has 0 aliphatic rings. The summed E-state index contributed by atoms with van der Waals surface area (Å²) < 4.78 is 13.5. The Morgan fingerprint density at radius 1 is 1.56 bits per heavy atom. The third-order valence-electron chi connectivity index (χ3n) is 0.854. The summed E-state index contributed by atoms with van der Waals surface area (Å²) in [6, 6.07) is 0. The van der Waals surface area contributed by atoms with E-state index in [2.05, 4.69) is 4.98 Å². The minimum atomic E-state index is -0.364. The van der Waals surface area contributed by atoms with E-state index in [-0.39, 0.29) is 10.3 Å². The molecule has 0 aliphatic carbocycles. The summed E-state index contributed by atoms with van der Waals surface area (Å²) in [6.45, 7) is 0. The number of H-pyrrole nitrogens is 1. The Bertz CT molecular complexity index is 247. The fraction of sp³-hybridized carbons (Fsp3) is 0. The van der Waals surface area contributed by atoms with Gasteiger partial charge in [0.05, 0.1) is 8.08 Å². The lowest BCUT2D eigenvalue weighted by Gasteiger charge is -1.89. The summed E-state index contributed by atoms with van der Waals surface area (Å²) in [5.41, 5.74) is 0.